The van der Waals surface area contributed by atoms with E-state index in [2.05, 4.69) is 9.72 Å². The maximum absolute atomic E-state index is 10.6. The molecule has 19 heavy (non-hydrogen) atoms. The summed E-state index contributed by atoms with van der Waals surface area (Å²) in [5, 5.41) is 9.41. The number of pyridine rings is 1. The molecule has 0 radical (unpaired) electrons. The zero-order valence-corrected chi connectivity index (χ0v) is 11.4. The van der Waals surface area contributed by atoms with Gasteiger partial charge in [0.25, 0.3) is 0 Å². The van der Waals surface area contributed by atoms with E-state index in [4.69, 9.17) is 22.6 Å². The molecule has 1 amide bonds. The van der Waals surface area contributed by atoms with Crippen molar-refractivity contribution in [3.8, 4) is 0 Å². The Morgan fingerprint density at radius 3 is 2.53 bits per heavy atom. The average molecular weight is 290 g/mol. The van der Waals surface area contributed by atoms with Crippen molar-refractivity contribution < 1.29 is 19.4 Å². The molecule has 0 saturated heterocycles. The zero-order chi connectivity index (χ0) is 14.8. The third-order valence-corrected chi connectivity index (χ3v) is 1.99. The number of nitrogens with two attached hydrogens (primary N) is 1. The van der Waals surface area contributed by atoms with Crippen LogP contribution in [0.2, 0.25) is 5.15 Å². The van der Waals surface area contributed by atoms with Gasteiger partial charge in [0, 0.05) is 12.7 Å². The van der Waals surface area contributed by atoms with Gasteiger partial charge in [-0.1, -0.05) is 17.7 Å². The van der Waals surface area contributed by atoms with Crippen molar-refractivity contribution in [2.75, 3.05) is 13.2 Å². The van der Waals surface area contributed by atoms with Crippen LogP contribution in [0, 0.1) is 6.92 Å². The number of carbonyl (C=O) groups is 2. The first-order valence-corrected chi connectivity index (χ1v) is 5.73. The number of rotatable bonds is 3. The molecule has 0 aliphatic heterocycles. The molecule has 0 aromatic carbocycles. The molecule has 3 N–H and O–H groups in total. The number of nitrogens with zero attached hydrogens (tertiary/aromatic N) is 2. The Balaban J connectivity index is 0.000000356. The van der Waals surface area contributed by atoms with Crippen LogP contribution in [0.4, 0.5) is 4.79 Å². The fourth-order valence-corrected chi connectivity index (χ4v) is 0.897. The Morgan fingerprint density at radius 1 is 1.53 bits per heavy atom. The fourth-order valence-electron chi connectivity index (χ4n) is 0.785. The van der Waals surface area contributed by atoms with Gasteiger partial charge in [-0.2, -0.15) is 0 Å². The molecular weight excluding hydrogens is 274 g/mol. The Kier molecular flexibility index (Phi) is 8.23. The van der Waals surface area contributed by atoms with E-state index in [0.717, 1.165) is 10.6 Å². The highest BCUT2D eigenvalue weighted by molar-refractivity contribution is 6.29. The molecule has 8 heteroatoms. The maximum atomic E-state index is 10.6. The number of aromatic nitrogens is 1. The highest BCUT2D eigenvalue weighted by Gasteiger charge is 2.09. The monoisotopic (exact) mass is 289 g/mol. The number of hydrazine groups is 1. The molecule has 0 atom stereocenters. The fraction of sp³-hybridized carbons (Fsp3) is 0.364. The van der Waals surface area contributed by atoms with Gasteiger partial charge in [0.2, 0.25) is 0 Å². The summed E-state index contributed by atoms with van der Waals surface area (Å²) in [4.78, 5) is 24.3. The van der Waals surface area contributed by atoms with Gasteiger partial charge in [-0.15, -0.1) is 0 Å². The lowest BCUT2D eigenvalue weighted by molar-refractivity contribution is -0.140. The van der Waals surface area contributed by atoms with Gasteiger partial charge in [0.1, 0.15) is 5.15 Å². The third kappa shape index (κ3) is 8.81. The van der Waals surface area contributed by atoms with Crippen molar-refractivity contribution in [3.63, 3.8) is 0 Å². The molecular formula is C11H16ClN3O4. The minimum absolute atomic E-state index is 0.276. The van der Waals surface area contributed by atoms with Crippen molar-refractivity contribution in [1.82, 2.24) is 9.99 Å². The van der Waals surface area contributed by atoms with Crippen LogP contribution >= 0.6 is 11.6 Å². The first-order valence-electron chi connectivity index (χ1n) is 5.35. The molecule has 1 aromatic heterocycles. The van der Waals surface area contributed by atoms with Crippen molar-refractivity contribution in [2.45, 2.75) is 13.8 Å². The summed E-state index contributed by atoms with van der Waals surface area (Å²) in [6, 6.07) is 3.70. The van der Waals surface area contributed by atoms with Gasteiger partial charge in [-0.25, -0.2) is 25.4 Å². The van der Waals surface area contributed by atoms with Gasteiger partial charge in [-0.05, 0) is 25.5 Å². The number of carboxylic acid groups (broad SMARTS) is 1. The van der Waals surface area contributed by atoms with E-state index in [1.54, 1.807) is 19.2 Å². The number of halogens is 1. The number of ether oxygens (including phenoxy) is 1. The van der Waals surface area contributed by atoms with Crippen molar-refractivity contribution in [2.24, 2.45) is 5.84 Å². The van der Waals surface area contributed by atoms with E-state index in [-0.39, 0.29) is 6.54 Å². The lowest BCUT2D eigenvalue weighted by Gasteiger charge is -2.12. The summed E-state index contributed by atoms with van der Waals surface area (Å²) in [7, 11) is 0. The molecule has 0 fully saturated rings. The Morgan fingerprint density at radius 2 is 2.16 bits per heavy atom. The Labute approximate surface area is 115 Å². The normalized spacial score (nSPS) is 9.05. The van der Waals surface area contributed by atoms with Gasteiger partial charge < -0.3 is 9.84 Å². The highest BCUT2D eigenvalue weighted by Crippen LogP contribution is 2.02. The second kappa shape index (κ2) is 9.12. The quantitative estimate of drug-likeness (QED) is 0.377. The predicted molar refractivity (Wildman–Crippen MR) is 69.5 cm³/mol. The second-order valence-corrected chi connectivity index (χ2v) is 3.78. The van der Waals surface area contributed by atoms with E-state index in [1.807, 2.05) is 13.0 Å². The molecule has 0 unspecified atom stereocenters. The summed E-state index contributed by atoms with van der Waals surface area (Å²) >= 11 is 5.50. The topological polar surface area (TPSA) is 106 Å². The standard InChI is InChI=1S/C6H6ClN.C5H10N2O4/c1-5-2-3-6(7)8-4-5;1-2-7(6)5(10)11-3-4(8)9/h2-4H,1H3;2-3,6H2,1H3,(H,8,9). The minimum atomic E-state index is -1.21. The third-order valence-electron chi connectivity index (χ3n) is 1.77. The lowest BCUT2D eigenvalue weighted by atomic mass is 10.3. The zero-order valence-electron chi connectivity index (χ0n) is 10.7. The summed E-state index contributed by atoms with van der Waals surface area (Å²) < 4.78 is 4.22. The number of aliphatic carboxylic acids is 1. The molecule has 1 rings (SSSR count). The number of amides is 1. The molecule has 1 heterocycles. The van der Waals surface area contributed by atoms with Crippen molar-refractivity contribution in [3.05, 3.63) is 29.0 Å². The van der Waals surface area contributed by atoms with E-state index in [1.165, 1.54) is 0 Å². The number of hydrogen-bond acceptors (Lipinski definition) is 5. The SMILES string of the molecule is CCN(N)C(=O)OCC(=O)O.Cc1ccc(Cl)nc1. The van der Waals surface area contributed by atoms with Crippen LogP contribution in [0.15, 0.2) is 18.3 Å². The molecule has 0 saturated carbocycles. The minimum Gasteiger partial charge on any atom is -0.479 e. The highest BCUT2D eigenvalue weighted by atomic mass is 35.5. The van der Waals surface area contributed by atoms with Gasteiger partial charge >= 0.3 is 12.1 Å². The molecule has 7 nitrogen and oxygen atoms in total. The van der Waals surface area contributed by atoms with Crippen LogP contribution in [-0.4, -0.2) is 40.3 Å². The summed E-state index contributed by atoms with van der Waals surface area (Å²) in [6.07, 6.45) is 0.900. The van der Waals surface area contributed by atoms with Crippen molar-refractivity contribution >= 4 is 23.7 Å². The largest absolute Gasteiger partial charge is 0.479 e. The van der Waals surface area contributed by atoms with E-state index < -0.39 is 18.7 Å². The van der Waals surface area contributed by atoms with Gasteiger partial charge in [0.05, 0.1) is 0 Å². The number of carbonyl (C=O) groups excluding carboxylic acids is 1. The second-order valence-electron chi connectivity index (χ2n) is 3.39. The lowest BCUT2D eigenvalue weighted by Crippen LogP contribution is -2.38. The Bertz CT molecular complexity index is 390. The van der Waals surface area contributed by atoms with Crippen LogP contribution in [0.3, 0.4) is 0 Å². The molecule has 106 valence electrons. The molecule has 0 spiro atoms. The number of hydrogen-bond donors (Lipinski definition) is 2. The first kappa shape index (κ1) is 17.1. The predicted octanol–water partition coefficient (Wildman–Crippen LogP) is 1.45. The van der Waals surface area contributed by atoms with Crippen LogP contribution in [0.1, 0.15) is 12.5 Å². The van der Waals surface area contributed by atoms with Crippen LogP contribution < -0.4 is 5.84 Å². The van der Waals surface area contributed by atoms with Gasteiger partial charge in [-0.3, -0.25) is 0 Å². The summed E-state index contributed by atoms with van der Waals surface area (Å²) in [5.41, 5.74) is 1.13. The number of carboxylic acids is 1. The van der Waals surface area contributed by atoms with Crippen LogP contribution in [0.25, 0.3) is 0 Å². The van der Waals surface area contributed by atoms with Crippen LogP contribution in [-0.2, 0) is 9.53 Å². The molecule has 1 aromatic rings. The maximum Gasteiger partial charge on any atom is 0.424 e. The Hall–Kier alpha value is -1.86. The van der Waals surface area contributed by atoms with Crippen LogP contribution in [0.5, 0.6) is 0 Å². The molecule has 0 bridgehead atoms. The van der Waals surface area contributed by atoms with Crippen molar-refractivity contribution in [1.29, 1.82) is 0 Å². The first-order chi connectivity index (χ1) is 8.86. The van der Waals surface area contributed by atoms with E-state index in [0.29, 0.717) is 5.15 Å². The number of aryl methyl sites for hydroxylation is 1. The molecule has 0 aliphatic rings. The smallest absolute Gasteiger partial charge is 0.424 e. The van der Waals surface area contributed by atoms with Gasteiger partial charge in [0.15, 0.2) is 6.61 Å². The summed E-state index contributed by atoms with van der Waals surface area (Å²) in [6.45, 7) is 3.23. The summed E-state index contributed by atoms with van der Waals surface area (Å²) in [5.74, 6) is 3.86. The average Bonchev–Trinajstić information content (AvgIpc) is 2.39. The van der Waals surface area contributed by atoms with E-state index in [9.17, 15) is 9.59 Å². The van der Waals surface area contributed by atoms with E-state index >= 15 is 0 Å². The molecule has 0 aliphatic carbocycles.